The highest BCUT2D eigenvalue weighted by Gasteiger charge is 2.21. The van der Waals surface area contributed by atoms with Crippen molar-refractivity contribution >= 4 is 29.9 Å². The zero-order valence-corrected chi connectivity index (χ0v) is 16.1. The molecule has 124 valence electrons. The lowest BCUT2D eigenvalue weighted by molar-refractivity contribution is 0.143. The highest BCUT2D eigenvalue weighted by Crippen LogP contribution is 2.19. The molecule has 5 heteroatoms. The third-order valence-electron chi connectivity index (χ3n) is 4.72. The summed E-state index contributed by atoms with van der Waals surface area (Å²) in [6, 6.07) is 0.657. The minimum absolute atomic E-state index is 0. The van der Waals surface area contributed by atoms with Crippen LogP contribution in [0, 0.1) is 5.92 Å². The lowest BCUT2D eigenvalue weighted by atomic mass is 9.97. The molecule has 1 unspecified atom stereocenters. The van der Waals surface area contributed by atoms with E-state index in [0.29, 0.717) is 12.0 Å². The molecule has 0 aliphatic carbocycles. The fourth-order valence-corrected chi connectivity index (χ4v) is 3.34. The molecular weight excluding hydrogens is 375 g/mol. The summed E-state index contributed by atoms with van der Waals surface area (Å²) >= 11 is 0. The van der Waals surface area contributed by atoms with Gasteiger partial charge in [-0.2, -0.15) is 0 Å². The molecule has 1 atom stereocenters. The average Bonchev–Trinajstić information content (AvgIpc) is 2.74. The number of hydrogen-bond donors (Lipinski definition) is 1. The van der Waals surface area contributed by atoms with Gasteiger partial charge in [-0.3, -0.25) is 4.99 Å². The van der Waals surface area contributed by atoms with Crippen LogP contribution in [0.15, 0.2) is 4.99 Å². The molecule has 2 aliphatic rings. The van der Waals surface area contributed by atoms with Crippen molar-refractivity contribution in [1.82, 2.24) is 9.80 Å². The van der Waals surface area contributed by atoms with E-state index in [1.54, 1.807) is 0 Å². The van der Waals surface area contributed by atoms with Gasteiger partial charge in [0.15, 0.2) is 5.96 Å². The molecule has 2 N–H and O–H groups in total. The number of nitrogens with zero attached hydrogens (tertiary/aromatic N) is 3. The van der Waals surface area contributed by atoms with Gasteiger partial charge in [-0.05, 0) is 52.0 Å². The van der Waals surface area contributed by atoms with Gasteiger partial charge < -0.3 is 15.5 Å². The topological polar surface area (TPSA) is 44.9 Å². The Morgan fingerprint density at radius 2 is 1.76 bits per heavy atom. The molecule has 2 aliphatic heterocycles. The van der Waals surface area contributed by atoms with E-state index in [2.05, 4.69) is 23.6 Å². The summed E-state index contributed by atoms with van der Waals surface area (Å²) in [5, 5.41) is 0. The van der Waals surface area contributed by atoms with Gasteiger partial charge >= 0.3 is 0 Å². The fraction of sp³-hybridized carbons (Fsp3) is 0.938. The number of hydrogen-bond acceptors (Lipinski definition) is 2. The van der Waals surface area contributed by atoms with E-state index < -0.39 is 0 Å². The first kappa shape index (κ1) is 19.0. The molecule has 0 aromatic heterocycles. The van der Waals surface area contributed by atoms with E-state index >= 15 is 0 Å². The van der Waals surface area contributed by atoms with E-state index in [9.17, 15) is 0 Å². The van der Waals surface area contributed by atoms with Crippen LogP contribution in [0.25, 0.3) is 0 Å². The molecule has 21 heavy (non-hydrogen) atoms. The Bertz CT molecular complexity index is 311. The smallest absolute Gasteiger partial charge is 0.191 e. The Kier molecular flexibility index (Phi) is 8.94. The maximum atomic E-state index is 6.19. The summed E-state index contributed by atoms with van der Waals surface area (Å²) in [6.45, 7) is 10.1. The van der Waals surface area contributed by atoms with Crippen LogP contribution < -0.4 is 5.73 Å². The van der Waals surface area contributed by atoms with E-state index in [1.165, 1.54) is 51.6 Å². The maximum Gasteiger partial charge on any atom is 0.191 e. The first-order valence-electron chi connectivity index (χ1n) is 8.45. The largest absolute Gasteiger partial charge is 0.370 e. The van der Waals surface area contributed by atoms with E-state index in [-0.39, 0.29) is 24.0 Å². The number of likely N-dealkylation sites (tertiary alicyclic amines) is 2. The number of halogens is 1. The van der Waals surface area contributed by atoms with E-state index in [4.69, 9.17) is 10.7 Å². The van der Waals surface area contributed by atoms with Crippen molar-refractivity contribution in [3.05, 3.63) is 0 Å². The lowest BCUT2D eigenvalue weighted by Crippen LogP contribution is -2.42. The van der Waals surface area contributed by atoms with Crippen LogP contribution in [-0.4, -0.2) is 54.5 Å². The molecule has 2 saturated heterocycles. The Hall–Kier alpha value is -0.0400. The lowest BCUT2D eigenvalue weighted by Gasteiger charge is -2.35. The Morgan fingerprint density at radius 1 is 1.10 bits per heavy atom. The molecule has 0 radical (unpaired) electrons. The fourth-order valence-electron chi connectivity index (χ4n) is 3.34. The predicted molar refractivity (Wildman–Crippen MR) is 101 cm³/mol. The van der Waals surface area contributed by atoms with Crippen LogP contribution in [-0.2, 0) is 0 Å². The van der Waals surface area contributed by atoms with Crippen molar-refractivity contribution in [2.24, 2.45) is 16.6 Å². The van der Waals surface area contributed by atoms with E-state index in [1.807, 2.05) is 0 Å². The maximum absolute atomic E-state index is 6.19. The minimum Gasteiger partial charge on any atom is -0.370 e. The van der Waals surface area contributed by atoms with Crippen LogP contribution in [0.4, 0.5) is 0 Å². The monoisotopic (exact) mass is 408 g/mol. The Labute approximate surface area is 147 Å². The average molecular weight is 408 g/mol. The molecule has 4 nitrogen and oxygen atoms in total. The van der Waals surface area contributed by atoms with Crippen molar-refractivity contribution in [2.75, 3.05) is 32.7 Å². The number of aliphatic imine (C=N–C) groups is 1. The van der Waals surface area contributed by atoms with Crippen LogP contribution in [0.3, 0.4) is 0 Å². The molecule has 0 saturated carbocycles. The predicted octanol–water partition coefficient (Wildman–Crippen LogP) is 2.92. The third kappa shape index (κ3) is 6.30. The van der Waals surface area contributed by atoms with Gasteiger partial charge in [0.1, 0.15) is 0 Å². The molecule has 2 heterocycles. The van der Waals surface area contributed by atoms with E-state index in [0.717, 1.165) is 25.6 Å². The van der Waals surface area contributed by atoms with Gasteiger partial charge in [-0.1, -0.05) is 12.8 Å². The first-order chi connectivity index (χ1) is 9.66. The summed E-state index contributed by atoms with van der Waals surface area (Å²) in [7, 11) is 0. The van der Waals surface area contributed by atoms with Gasteiger partial charge in [-0.25, -0.2) is 0 Å². The second-order valence-corrected chi connectivity index (χ2v) is 6.70. The van der Waals surface area contributed by atoms with Crippen LogP contribution in [0.1, 0.15) is 52.4 Å². The molecule has 0 aromatic rings. The summed E-state index contributed by atoms with van der Waals surface area (Å²) in [4.78, 5) is 9.56. The van der Waals surface area contributed by atoms with Gasteiger partial charge in [0.05, 0.1) is 0 Å². The molecule has 0 bridgehead atoms. The SMILES string of the molecule is CC(C)N1CCCC(CN=C(N)N2CCCCCC2)C1.I. The summed E-state index contributed by atoms with van der Waals surface area (Å²) in [5.74, 6) is 1.48. The standard InChI is InChI=1S/C16H32N4.HI/c1-14(2)20-11-7-8-15(13-20)12-18-16(17)19-9-5-3-4-6-10-19;/h14-15H,3-13H2,1-2H3,(H2,17,18);1H. The van der Waals surface area contributed by atoms with Crippen LogP contribution in [0.2, 0.25) is 0 Å². The van der Waals surface area contributed by atoms with Crippen molar-refractivity contribution < 1.29 is 0 Å². The van der Waals surface area contributed by atoms with Gasteiger partial charge in [0.25, 0.3) is 0 Å². The summed E-state index contributed by atoms with van der Waals surface area (Å²) in [5.41, 5.74) is 6.19. The molecule has 2 rings (SSSR count). The van der Waals surface area contributed by atoms with Crippen molar-refractivity contribution in [1.29, 1.82) is 0 Å². The molecule has 0 spiro atoms. The molecule has 0 aromatic carbocycles. The first-order valence-corrected chi connectivity index (χ1v) is 8.45. The highest BCUT2D eigenvalue weighted by molar-refractivity contribution is 14.0. The normalized spacial score (nSPS) is 25.6. The summed E-state index contributed by atoms with van der Waals surface area (Å²) < 4.78 is 0. The third-order valence-corrected chi connectivity index (χ3v) is 4.72. The number of nitrogens with two attached hydrogens (primary N) is 1. The van der Waals surface area contributed by atoms with Crippen LogP contribution in [0.5, 0.6) is 0 Å². The molecule has 2 fully saturated rings. The van der Waals surface area contributed by atoms with Crippen molar-refractivity contribution in [3.63, 3.8) is 0 Å². The summed E-state index contributed by atoms with van der Waals surface area (Å²) in [6.07, 6.45) is 7.83. The quantitative estimate of drug-likeness (QED) is 0.444. The van der Waals surface area contributed by atoms with Gasteiger partial charge in [-0.15, -0.1) is 24.0 Å². The second kappa shape index (κ2) is 9.87. The number of guanidine groups is 1. The van der Waals surface area contributed by atoms with Crippen molar-refractivity contribution in [2.45, 2.75) is 58.4 Å². The van der Waals surface area contributed by atoms with Gasteiger partial charge in [0.2, 0.25) is 0 Å². The molecule has 0 amide bonds. The minimum atomic E-state index is 0. The van der Waals surface area contributed by atoms with Gasteiger partial charge in [0, 0.05) is 32.2 Å². The Balaban J connectivity index is 0.00000220. The number of rotatable bonds is 3. The second-order valence-electron chi connectivity index (χ2n) is 6.70. The number of piperidine rings is 1. The van der Waals surface area contributed by atoms with Crippen LogP contribution >= 0.6 is 24.0 Å². The molecular formula is C16H33IN4. The zero-order valence-electron chi connectivity index (χ0n) is 13.8. The zero-order chi connectivity index (χ0) is 14.4. The highest BCUT2D eigenvalue weighted by atomic mass is 127. The van der Waals surface area contributed by atoms with Crippen molar-refractivity contribution in [3.8, 4) is 0 Å². The Morgan fingerprint density at radius 3 is 2.38 bits per heavy atom.